The van der Waals surface area contributed by atoms with Crippen LogP contribution < -0.4 is 20.3 Å². The molecule has 0 saturated carbocycles. The maximum absolute atomic E-state index is 12.6. The van der Waals surface area contributed by atoms with Crippen LogP contribution >= 0.6 is 0 Å². The van der Waals surface area contributed by atoms with Crippen LogP contribution in [0.15, 0.2) is 42.5 Å². The van der Waals surface area contributed by atoms with E-state index >= 15 is 0 Å². The Balaban J connectivity index is 1.37. The maximum Gasteiger partial charge on any atom is 0.251 e. The van der Waals surface area contributed by atoms with E-state index in [4.69, 9.17) is 4.74 Å². The number of nitrogens with one attached hydrogen (secondary N) is 2. The summed E-state index contributed by atoms with van der Waals surface area (Å²) in [5.41, 5.74) is 3.28. The molecule has 2 aliphatic heterocycles. The van der Waals surface area contributed by atoms with Gasteiger partial charge in [0.15, 0.2) is 0 Å². The molecule has 158 valence electrons. The van der Waals surface area contributed by atoms with Crippen LogP contribution in [-0.4, -0.2) is 31.0 Å². The molecule has 0 spiro atoms. The van der Waals surface area contributed by atoms with E-state index in [1.807, 2.05) is 36.4 Å². The molecule has 0 unspecified atom stereocenters. The van der Waals surface area contributed by atoms with E-state index < -0.39 is 0 Å². The van der Waals surface area contributed by atoms with Crippen molar-refractivity contribution < 1.29 is 14.3 Å². The Bertz CT molecular complexity index is 910. The van der Waals surface area contributed by atoms with Crippen LogP contribution in [0.3, 0.4) is 0 Å². The van der Waals surface area contributed by atoms with Crippen molar-refractivity contribution in [2.24, 2.45) is 0 Å². The molecular formula is C24H29N3O3. The summed E-state index contributed by atoms with van der Waals surface area (Å²) in [7, 11) is 0. The largest absolute Gasteiger partial charge is 0.494 e. The van der Waals surface area contributed by atoms with Crippen molar-refractivity contribution in [3.63, 3.8) is 0 Å². The first-order valence-corrected chi connectivity index (χ1v) is 10.9. The van der Waals surface area contributed by atoms with Crippen molar-refractivity contribution in [3.8, 4) is 5.75 Å². The number of unbranched alkanes of at least 4 members (excludes halogenated alkanes) is 1. The van der Waals surface area contributed by atoms with Crippen LogP contribution in [0.5, 0.6) is 5.75 Å². The quantitative estimate of drug-likeness (QED) is 0.678. The van der Waals surface area contributed by atoms with Crippen molar-refractivity contribution in [2.75, 3.05) is 23.4 Å². The van der Waals surface area contributed by atoms with Crippen LogP contribution in [0.1, 0.15) is 54.9 Å². The fourth-order valence-corrected chi connectivity index (χ4v) is 4.06. The molecule has 2 aromatic rings. The number of amides is 2. The summed E-state index contributed by atoms with van der Waals surface area (Å²) in [6, 6.07) is 13.3. The lowest BCUT2D eigenvalue weighted by Gasteiger charge is -2.41. The number of ether oxygens (including phenoxy) is 1. The zero-order valence-corrected chi connectivity index (χ0v) is 17.4. The molecule has 1 fully saturated rings. The molecule has 2 N–H and O–H groups in total. The molecule has 0 aliphatic carbocycles. The van der Waals surface area contributed by atoms with Gasteiger partial charge < -0.3 is 20.3 Å². The number of rotatable bonds is 7. The Labute approximate surface area is 177 Å². The van der Waals surface area contributed by atoms with E-state index in [0.29, 0.717) is 12.1 Å². The van der Waals surface area contributed by atoms with E-state index in [0.717, 1.165) is 67.9 Å². The van der Waals surface area contributed by atoms with Crippen molar-refractivity contribution >= 4 is 23.2 Å². The number of fused-ring (bicyclic) bond motifs is 3. The first-order chi connectivity index (χ1) is 14.7. The third-order valence-corrected chi connectivity index (χ3v) is 5.77. The predicted octanol–water partition coefficient (Wildman–Crippen LogP) is 4.11. The molecule has 2 aromatic carbocycles. The number of nitrogens with zero attached hydrogens (tertiary/aromatic N) is 1. The zero-order chi connectivity index (χ0) is 20.9. The summed E-state index contributed by atoms with van der Waals surface area (Å²) in [6.45, 7) is 4.18. The van der Waals surface area contributed by atoms with Crippen LogP contribution in [0.4, 0.5) is 11.4 Å². The Morgan fingerprint density at radius 2 is 2.03 bits per heavy atom. The number of carbonyl (C=O) groups excluding carboxylic acids is 2. The van der Waals surface area contributed by atoms with Gasteiger partial charge >= 0.3 is 0 Å². The van der Waals surface area contributed by atoms with Gasteiger partial charge in [-0.15, -0.1) is 0 Å². The van der Waals surface area contributed by atoms with Crippen molar-refractivity contribution in [3.05, 3.63) is 53.6 Å². The van der Waals surface area contributed by atoms with Crippen LogP contribution in [0.25, 0.3) is 0 Å². The first kappa shape index (κ1) is 20.3. The van der Waals surface area contributed by atoms with Crippen LogP contribution in [0.2, 0.25) is 0 Å². The highest BCUT2D eigenvalue weighted by Gasteiger charge is 2.34. The molecule has 2 aliphatic rings. The van der Waals surface area contributed by atoms with E-state index in [1.54, 1.807) is 6.07 Å². The number of carbonyl (C=O) groups is 2. The second-order valence-corrected chi connectivity index (χ2v) is 7.95. The van der Waals surface area contributed by atoms with Gasteiger partial charge in [-0.2, -0.15) is 0 Å². The van der Waals surface area contributed by atoms with E-state index in [-0.39, 0.29) is 17.9 Å². The Hall–Kier alpha value is -3.02. The third-order valence-electron chi connectivity index (χ3n) is 5.77. The van der Waals surface area contributed by atoms with Gasteiger partial charge in [0.2, 0.25) is 5.91 Å². The van der Waals surface area contributed by atoms with Crippen molar-refractivity contribution in [1.29, 1.82) is 0 Å². The second-order valence-electron chi connectivity index (χ2n) is 7.95. The molecule has 0 aromatic heterocycles. The smallest absolute Gasteiger partial charge is 0.251 e. The molecule has 4 rings (SSSR count). The fourth-order valence-electron chi connectivity index (χ4n) is 4.06. The van der Waals surface area contributed by atoms with Gasteiger partial charge in [-0.05, 0) is 61.6 Å². The number of piperidine rings is 1. The molecule has 2 heterocycles. The van der Waals surface area contributed by atoms with Gasteiger partial charge in [-0.1, -0.05) is 25.5 Å². The minimum Gasteiger partial charge on any atom is -0.494 e. The Morgan fingerprint density at radius 3 is 2.83 bits per heavy atom. The predicted molar refractivity (Wildman–Crippen MR) is 118 cm³/mol. The average molecular weight is 408 g/mol. The summed E-state index contributed by atoms with van der Waals surface area (Å²) in [5, 5.41) is 5.94. The molecule has 0 radical (unpaired) electrons. The highest BCUT2D eigenvalue weighted by atomic mass is 16.5. The minimum atomic E-state index is -0.156. The Kier molecular flexibility index (Phi) is 6.21. The van der Waals surface area contributed by atoms with E-state index in [2.05, 4.69) is 22.5 Å². The van der Waals surface area contributed by atoms with E-state index in [1.165, 1.54) is 0 Å². The maximum atomic E-state index is 12.6. The summed E-state index contributed by atoms with van der Waals surface area (Å²) in [5.74, 6) is 0.720. The summed E-state index contributed by atoms with van der Waals surface area (Å²) in [6.07, 6.45) is 5.20. The van der Waals surface area contributed by atoms with Gasteiger partial charge in [0.25, 0.3) is 5.91 Å². The third kappa shape index (κ3) is 4.42. The number of anilines is 2. The molecule has 6 nitrogen and oxygen atoms in total. The summed E-state index contributed by atoms with van der Waals surface area (Å²) in [4.78, 5) is 27.2. The Morgan fingerprint density at radius 1 is 1.20 bits per heavy atom. The summed E-state index contributed by atoms with van der Waals surface area (Å²) < 4.78 is 5.67. The van der Waals surface area contributed by atoms with E-state index in [9.17, 15) is 9.59 Å². The standard InChI is InChI=1S/C24H29N3O3/c1-2-3-14-30-19-10-7-17(8-11-19)16-25-23(28)18-9-12-21-20(15-18)26-24(29)22-6-4-5-13-27(21)22/h7-12,15,22H,2-6,13-14,16H2,1H3,(H,25,28)(H,26,29)/t22-/m1/s1. The minimum absolute atomic E-state index is 0.0287. The molecular weight excluding hydrogens is 378 g/mol. The molecule has 30 heavy (non-hydrogen) atoms. The van der Waals surface area contributed by atoms with Crippen molar-refractivity contribution in [1.82, 2.24) is 5.32 Å². The van der Waals surface area contributed by atoms with Crippen LogP contribution in [-0.2, 0) is 11.3 Å². The fraction of sp³-hybridized carbons (Fsp3) is 0.417. The molecule has 1 saturated heterocycles. The molecule has 2 amide bonds. The number of hydrogen-bond acceptors (Lipinski definition) is 4. The second kappa shape index (κ2) is 9.20. The van der Waals surface area contributed by atoms with Gasteiger partial charge in [0.1, 0.15) is 11.8 Å². The van der Waals surface area contributed by atoms with Gasteiger partial charge in [-0.25, -0.2) is 0 Å². The zero-order valence-electron chi connectivity index (χ0n) is 17.4. The van der Waals surface area contributed by atoms with Crippen molar-refractivity contribution in [2.45, 2.75) is 51.6 Å². The molecule has 6 heteroatoms. The van der Waals surface area contributed by atoms with Crippen LogP contribution in [0, 0.1) is 0 Å². The molecule has 0 bridgehead atoms. The van der Waals surface area contributed by atoms with Gasteiger partial charge in [0.05, 0.1) is 18.0 Å². The number of benzene rings is 2. The summed E-state index contributed by atoms with van der Waals surface area (Å²) >= 11 is 0. The lowest BCUT2D eigenvalue weighted by atomic mass is 9.97. The molecule has 1 atom stereocenters. The monoisotopic (exact) mass is 407 g/mol. The average Bonchev–Trinajstić information content (AvgIpc) is 2.78. The lowest BCUT2D eigenvalue weighted by molar-refractivity contribution is -0.118. The normalized spacial score (nSPS) is 17.6. The lowest BCUT2D eigenvalue weighted by Crippen LogP contribution is -2.50. The highest BCUT2D eigenvalue weighted by Crippen LogP contribution is 2.36. The topological polar surface area (TPSA) is 70.7 Å². The highest BCUT2D eigenvalue weighted by molar-refractivity contribution is 6.05. The number of hydrogen-bond donors (Lipinski definition) is 2. The van der Waals surface area contributed by atoms with Gasteiger partial charge in [0, 0.05) is 18.7 Å². The first-order valence-electron chi connectivity index (χ1n) is 10.9. The van der Waals surface area contributed by atoms with Gasteiger partial charge in [-0.3, -0.25) is 9.59 Å². The SMILES string of the molecule is CCCCOc1ccc(CNC(=O)c2ccc3c(c2)NC(=O)[C@H]2CCCCN32)cc1.